The van der Waals surface area contributed by atoms with Gasteiger partial charge in [0.25, 0.3) is 0 Å². The Labute approximate surface area is 83.3 Å². The molecule has 0 radical (unpaired) electrons. The lowest BCUT2D eigenvalue weighted by Crippen LogP contribution is -2.15. The summed E-state index contributed by atoms with van der Waals surface area (Å²) in [7, 11) is 0. The van der Waals surface area contributed by atoms with Gasteiger partial charge in [-0.15, -0.1) is 0 Å². The van der Waals surface area contributed by atoms with Crippen LogP contribution >= 0.6 is 0 Å². The lowest BCUT2D eigenvalue weighted by atomic mass is 9.95. The molecule has 0 aliphatic heterocycles. The second-order valence-corrected chi connectivity index (χ2v) is 4.81. The molecule has 0 aromatic rings. The fourth-order valence-electron chi connectivity index (χ4n) is 2.80. The molecule has 0 amide bonds. The normalized spacial score (nSPS) is 39.6. The lowest BCUT2D eigenvalue weighted by molar-refractivity contribution is 0.199. The van der Waals surface area contributed by atoms with Crippen molar-refractivity contribution >= 4 is 5.71 Å². The maximum absolute atomic E-state index is 8.87. The van der Waals surface area contributed by atoms with Crippen molar-refractivity contribution in [1.29, 1.82) is 0 Å². The van der Waals surface area contributed by atoms with E-state index in [-0.39, 0.29) is 0 Å². The number of hydrogen-bond acceptors (Lipinski definition) is 4. The van der Waals surface area contributed by atoms with Crippen LogP contribution in [-0.2, 0) is 0 Å². The molecule has 0 saturated heterocycles. The van der Waals surface area contributed by atoms with E-state index < -0.39 is 0 Å². The van der Waals surface area contributed by atoms with Gasteiger partial charge in [0.05, 0.1) is 5.71 Å². The Morgan fingerprint density at radius 1 is 1.57 bits per heavy atom. The van der Waals surface area contributed by atoms with Crippen LogP contribution in [0.2, 0.25) is 0 Å². The van der Waals surface area contributed by atoms with E-state index in [9.17, 15) is 0 Å². The van der Waals surface area contributed by atoms with Gasteiger partial charge in [0.1, 0.15) is 0 Å². The highest BCUT2D eigenvalue weighted by Gasteiger charge is 2.64. The van der Waals surface area contributed by atoms with Crippen LogP contribution in [0.1, 0.15) is 27.2 Å². The Hall–Kier alpha value is -1.03. The minimum absolute atomic E-state index is 0.293. The van der Waals surface area contributed by atoms with Crippen LogP contribution in [-0.4, -0.2) is 16.1 Å². The number of hydrogen-bond donors (Lipinski definition) is 3. The number of nitrogens with zero attached hydrogens (tertiary/aromatic N) is 1. The molecule has 2 atom stereocenters. The lowest BCUT2D eigenvalue weighted by Gasteiger charge is -2.13. The first kappa shape index (κ1) is 9.52. The van der Waals surface area contributed by atoms with E-state index in [0.29, 0.717) is 22.9 Å². The van der Waals surface area contributed by atoms with E-state index in [1.54, 1.807) is 6.92 Å². The number of fused-ring (bicyclic) bond motifs is 1. The first-order valence-electron chi connectivity index (χ1n) is 4.86. The summed E-state index contributed by atoms with van der Waals surface area (Å²) >= 11 is 0. The quantitative estimate of drug-likeness (QED) is 0.442. The van der Waals surface area contributed by atoms with Crippen LogP contribution in [0.5, 0.6) is 0 Å². The molecule has 0 bridgehead atoms. The van der Waals surface area contributed by atoms with Gasteiger partial charge in [-0.1, -0.05) is 19.0 Å². The van der Waals surface area contributed by atoms with Gasteiger partial charge in [-0.25, -0.2) is 0 Å². The van der Waals surface area contributed by atoms with Crippen molar-refractivity contribution in [2.45, 2.75) is 27.2 Å². The summed E-state index contributed by atoms with van der Waals surface area (Å²) < 4.78 is 0. The summed E-state index contributed by atoms with van der Waals surface area (Å²) in [6.45, 7) is 6.22. The molecule has 2 saturated carbocycles. The van der Waals surface area contributed by atoms with E-state index in [1.807, 2.05) is 0 Å². The van der Waals surface area contributed by atoms with Crippen molar-refractivity contribution in [3.05, 3.63) is 11.3 Å². The van der Waals surface area contributed by atoms with Crippen LogP contribution in [0.4, 0.5) is 0 Å². The molecule has 2 aliphatic rings. The number of nitrogens with one attached hydrogen (secondary N) is 1. The van der Waals surface area contributed by atoms with E-state index in [2.05, 4.69) is 24.5 Å². The number of oxime groups is 1. The molecular formula is C10H16N2O2. The predicted molar refractivity (Wildman–Crippen MR) is 52.2 cm³/mol. The van der Waals surface area contributed by atoms with Crippen molar-refractivity contribution < 1.29 is 10.4 Å². The second-order valence-electron chi connectivity index (χ2n) is 4.81. The van der Waals surface area contributed by atoms with Gasteiger partial charge in [0.2, 0.25) is 0 Å². The van der Waals surface area contributed by atoms with Gasteiger partial charge in [-0.2, -0.15) is 0 Å². The number of rotatable bonds is 1. The number of allylic oxidation sites excluding steroid dienone is 2. The Kier molecular flexibility index (Phi) is 1.86. The molecular weight excluding hydrogens is 180 g/mol. The van der Waals surface area contributed by atoms with Crippen LogP contribution in [0, 0.1) is 17.3 Å². The minimum atomic E-state index is 0.293. The third-order valence-corrected chi connectivity index (χ3v) is 3.78. The molecule has 2 rings (SSSR count). The van der Waals surface area contributed by atoms with Gasteiger partial charge >= 0.3 is 0 Å². The van der Waals surface area contributed by atoms with Crippen molar-refractivity contribution in [2.24, 2.45) is 22.4 Å². The topological polar surface area (TPSA) is 64.8 Å². The summed E-state index contributed by atoms with van der Waals surface area (Å²) in [5.41, 5.74) is 4.86. The third kappa shape index (κ3) is 1.00. The smallest absolute Gasteiger partial charge is 0.0851 e. The highest BCUT2D eigenvalue weighted by atomic mass is 16.5. The molecule has 4 heteroatoms. The van der Waals surface area contributed by atoms with Gasteiger partial charge in [-0.3, -0.25) is 10.7 Å². The van der Waals surface area contributed by atoms with E-state index in [1.165, 1.54) is 0 Å². The Morgan fingerprint density at radius 2 is 2.21 bits per heavy atom. The Morgan fingerprint density at radius 3 is 2.71 bits per heavy atom. The SMILES string of the molecule is CC(NO)=C1C(=NO)C[C@@H]2[C@H]1C2(C)C. The van der Waals surface area contributed by atoms with Crippen molar-refractivity contribution in [3.8, 4) is 0 Å². The Bertz CT molecular complexity index is 331. The molecule has 2 aliphatic carbocycles. The standard InChI is InChI=1S/C10H16N2O2/c1-5(11-13)8-7(12-14)4-6-9(8)10(6,2)3/h6,9,11,13-14H,4H2,1-3H3/t6-,9-/m1/s1. The molecule has 14 heavy (non-hydrogen) atoms. The van der Waals surface area contributed by atoms with Crippen LogP contribution in [0.15, 0.2) is 16.4 Å². The molecule has 4 nitrogen and oxygen atoms in total. The van der Waals surface area contributed by atoms with Gasteiger partial charge in [-0.05, 0) is 30.6 Å². The summed E-state index contributed by atoms with van der Waals surface area (Å²) in [5.74, 6) is 1.01. The summed E-state index contributed by atoms with van der Waals surface area (Å²) in [4.78, 5) is 0. The molecule has 0 aromatic heterocycles. The first-order valence-corrected chi connectivity index (χ1v) is 4.86. The van der Waals surface area contributed by atoms with Gasteiger partial charge in [0, 0.05) is 11.3 Å². The molecule has 0 spiro atoms. The average molecular weight is 196 g/mol. The molecule has 3 N–H and O–H groups in total. The van der Waals surface area contributed by atoms with Crippen LogP contribution in [0.25, 0.3) is 0 Å². The molecule has 78 valence electrons. The van der Waals surface area contributed by atoms with Crippen molar-refractivity contribution in [2.75, 3.05) is 0 Å². The maximum Gasteiger partial charge on any atom is 0.0851 e. The Balaban J connectivity index is 2.38. The van der Waals surface area contributed by atoms with Gasteiger partial charge < -0.3 is 5.21 Å². The molecule has 0 heterocycles. The second kappa shape index (κ2) is 2.73. The zero-order chi connectivity index (χ0) is 10.5. The van der Waals surface area contributed by atoms with E-state index in [0.717, 1.165) is 17.7 Å². The van der Waals surface area contributed by atoms with E-state index in [4.69, 9.17) is 10.4 Å². The maximum atomic E-state index is 8.87. The largest absolute Gasteiger partial charge is 0.411 e. The fraction of sp³-hybridized carbons (Fsp3) is 0.700. The summed E-state index contributed by atoms with van der Waals surface area (Å²) in [6.07, 6.45) is 0.822. The van der Waals surface area contributed by atoms with E-state index >= 15 is 0 Å². The fourth-order valence-corrected chi connectivity index (χ4v) is 2.80. The van der Waals surface area contributed by atoms with Gasteiger partial charge in [0.15, 0.2) is 0 Å². The average Bonchev–Trinajstić information content (AvgIpc) is 2.57. The summed E-state index contributed by atoms with van der Waals surface area (Å²) in [6, 6.07) is 0. The zero-order valence-corrected chi connectivity index (χ0v) is 8.70. The highest BCUT2D eigenvalue weighted by Crippen LogP contribution is 2.68. The molecule has 0 unspecified atom stereocenters. The summed E-state index contributed by atoms with van der Waals surface area (Å²) in [5, 5.41) is 21.0. The van der Waals surface area contributed by atoms with Crippen molar-refractivity contribution in [3.63, 3.8) is 0 Å². The van der Waals surface area contributed by atoms with Crippen LogP contribution in [0.3, 0.4) is 0 Å². The van der Waals surface area contributed by atoms with Crippen LogP contribution < -0.4 is 5.48 Å². The third-order valence-electron chi connectivity index (χ3n) is 3.78. The highest BCUT2D eigenvalue weighted by molar-refractivity contribution is 6.05. The zero-order valence-electron chi connectivity index (χ0n) is 8.70. The van der Waals surface area contributed by atoms with Crippen molar-refractivity contribution in [1.82, 2.24) is 5.48 Å². The number of hydroxylamine groups is 1. The molecule has 2 fully saturated rings. The monoisotopic (exact) mass is 196 g/mol. The predicted octanol–water partition coefficient (Wildman–Crippen LogP) is 1.75. The first-order chi connectivity index (χ1) is 6.54. The molecule has 0 aromatic carbocycles. The minimum Gasteiger partial charge on any atom is -0.411 e.